The van der Waals surface area contributed by atoms with E-state index in [0.29, 0.717) is 17.5 Å². The van der Waals surface area contributed by atoms with Gasteiger partial charge in [-0.05, 0) is 18.6 Å². The van der Waals surface area contributed by atoms with Crippen molar-refractivity contribution in [2.75, 3.05) is 24.7 Å². The fraction of sp³-hybridized carbons (Fsp3) is 0.238. The van der Waals surface area contributed by atoms with E-state index in [2.05, 4.69) is 22.0 Å². The second-order valence-corrected chi connectivity index (χ2v) is 6.37. The molecule has 2 aromatic carbocycles. The first-order valence-electron chi connectivity index (χ1n) is 8.95. The summed E-state index contributed by atoms with van der Waals surface area (Å²) >= 11 is 0. The molecule has 0 radical (unpaired) electrons. The molecule has 0 aliphatic carbocycles. The van der Waals surface area contributed by atoms with Crippen LogP contribution in [0, 0.1) is 0 Å². The lowest BCUT2D eigenvalue weighted by atomic mass is 10.1. The van der Waals surface area contributed by atoms with Crippen molar-refractivity contribution in [3.05, 3.63) is 70.0 Å². The van der Waals surface area contributed by atoms with Crippen molar-refractivity contribution >= 4 is 22.6 Å². The van der Waals surface area contributed by atoms with Crippen LogP contribution in [0.25, 0.3) is 10.9 Å². The first kappa shape index (κ1) is 17.1. The monoisotopic (exact) mass is 364 g/mol. The molecular weight excluding hydrogens is 344 g/mol. The Bertz CT molecular complexity index is 1040. The minimum atomic E-state index is -0.615. The summed E-state index contributed by atoms with van der Waals surface area (Å²) in [5.41, 5.74) is 2.34. The number of nitrogens with one attached hydrogen (secondary N) is 1. The van der Waals surface area contributed by atoms with Crippen LogP contribution >= 0.6 is 0 Å². The average Bonchev–Trinajstić information content (AvgIpc) is 2.68. The van der Waals surface area contributed by atoms with Gasteiger partial charge in [0.25, 0.3) is 0 Å². The van der Waals surface area contributed by atoms with Crippen molar-refractivity contribution in [2.24, 2.45) is 0 Å². The highest BCUT2D eigenvalue weighted by molar-refractivity contribution is 5.95. The molecule has 1 aromatic heterocycles. The topological polar surface area (TPSA) is 71.6 Å². The summed E-state index contributed by atoms with van der Waals surface area (Å²) < 4.78 is 10.8. The SMILES string of the molecule is CCOC(=O)c1c[nH]c2cc3c(cc2c1=O)N(Cc1ccccc1)CCO3. The van der Waals surface area contributed by atoms with Gasteiger partial charge in [0.15, 0.2) is 0 Å². The summed E-state index contributed by atoms with van der Waals surface area (Å²) in [5.74, 6) is 0.111. The van der Waals surface area contributed by atoms with Crippen LogP contribution in [0.1, 0.15) is 22.8 Å². The molecule has 0 spiro atoms. The van der Waals surface area contributed by atoms with E-state index in [4.69, 9.17) is 9.47 Å². The Kier molecular flexibility index (Phi) is 4.54. The van der Waals surface area contributed by atoms with E-state index in [1.807, 2.05) is 24.3 Å². The molecule has 2 heterocycles. The predicted molar refractivity (Wildman–Crippen MR) is 104 cm³/mol. The maximum Gasteiger partial charge on any atom is 0.343 e. The number of aromatic amines is 1. The highest BCUT2D eigenvalue weighted by atomic mass is 16.5. The van der Waals surface area contributed by atoms with Crippen molar-refractivity contribution in [2.45, 2.75) is 13.5 Å². The van der Waals surface area contributed by atoms with E-state index < -0.39 is 5.97 Å². The minimum Gasteiger partial charge on any atom is -0.489 e. The molecule has 1 N–H and O–H groups in total. The standard InChI is InChI=1S/C21H20N2O4/c1-2-26-21(25)16-12-22-17-11-19-18(10-15(17)20(16)24)23(8-9-27-19)13-14-6-4-3-5-7-14/h3-7,10-12H,2,8-9,13H2,1H3,(H,22,24). The van der Waals surface area contributed by atoms with Gasteiger partial charge >= 0.3 is 5.97 Å². The maximum atomic E-state index is 12.8. The van der Waals surface area contributed by atoms with Crippen molar-refractivity contribution in [3.63, 3.8) is 0 Å². The Balaban J connectivity index is 1.78. The van der Waals surface area contributed by atoms with E-state index in [9.17, 15) is 9.59 Å². The molecule has 0 saturated heterocycles. The van der Waals surface area contributed by atoms with Gasteiger partial charge in [0.1, 0.15) is 17.9 Å². The number of ether oxygens (including phenoxy) is 2. The highest BCUT2D eigenvalue weighted by Crippen LogP contribution is 2.35. The lowest BCUT2D eigenvalue weighted by Gasteiger charge is -2.31. The zero-order valence-electron chi connectivity index (χ0n) is 15.0. The fourth-order valence-corrected chi connectivity index (χ4v) is 3.31. The van der Waals surface area contributed by atoms with Crippen LogP contribution in [-0.4, -0.2) is 30.7 Å². The number of aromatic nitrogens is 1. The van der Waals surface area contributed by atoms with Gasteiger partial charge in [-0.2, -0.15) is 0 Å². The lowest BCUT2D eigenvalue weighted by molar-refractivity contribution is 0.0524. The second kappa shape index (κ2) is 7.15. The van der Waals surface area contributed by atoms with E-state index >= 15 is 0 Å². The predicted octanol–water partition coefficient (Wildman–Crippen LogP) is 3.10. The van der Waals surface area contributed by atoms with Crippen molar-refractivity contribution in [3.8, 4) is 5.75 Å². The van der Waals surface area contributed by atoms with Crippen LogP contribution < -0.4 is 15.1 Å². The maximum absolute atomic E-state index is 12.8. The number of carbonyl (C=O) groups is 1. The van der Waals surface area contributed by atoms with Crippen molar-refractivity contribution < 1.29 is 14.3 Å². The van der Waals surface area contributed by atoms with Gasteiger partial charge in [-0.1, -0.05) is 30.3 Å². The van der Waals surface area contributed by atoms with E-state index in [0.717, 1.165) is 24.5 Å². The Hall–Kier alpha value is -3.28. The van der Waals surface area contributed by atoms with E-state index in [1.54, 1.807) is 13.0 Å². The van der Waals surface area contributed by atoms with Gasteiger partial charge in [0.05, 0.1) is 24.4 Å². The van der Waals surface area contributed by atoms with Crippen LogP contribution in [0.2, 0.25) is 0 Å². The van der Waals surface area contributed by atoms with Gasteiger partial charge in [-0.15, -0.1) is 0 Å². The summed E-state index contributed by atoms with van der Waals surface area (Å²) in [4.78, 5) is 30.0. The average molecular weight is 364 g/mol. The largest absolute Gasteiger partial charge is 0.489 e. The smallest absolute Gasteiger partial charge is 0.343 e. The molecule has 4 rings (SSSR count). The number of esters is 1. The highest BCUT2D eigenvalue weighted by Gasteiger charge is 2.22. The second-order valence-electron chi connectivity index (χ2n) is 6.37. The third-order valence-electron chi connectivity index (χ3n) is 4.63. The zero-order chi connectivity index (χ0) is 18.8. The molecule has 0 unspecified atom stereocenters. The number of fused-ring (bicyclic) bond motifs is 2. The van der Waals surface area contributed by atoms with Crippen LogP contribution in [0.4, 0.5) is 5.69 Å². The van der Waals surface area contributed by atoms with Gasteiger partial charge < -0.3 is 19.4 Å². The quantitative estimate of drug-likeness (QED) is 0.720. The number of hydrogen-bond acceptors (Lipinski definition) is 5. The Morgan fingerprint density at radius 3 is 2.85 bits per heavy atom. The number of rotatable bonds is 4. The molecule has 1 aliphatic rings. The molecule has 0 bridgehead atoms. The Morgan fingerprint density at radius 1 is 1.26 bits per heavy atom. The normalized spacial score (nSPS) is 13.1. The van der Waals surface area contributed by atoms with E-state index in [1.165, 1.54) is 11.8 Å². The number of hydrogen-bond donors (Lipinski definition) is 1. The summed E-state index contributed by atoms with van der Waals surface area (Å²) in [7, 11) is 0. The first-order valence-corrected chi connectivity index (χ1v) is 8.95. The van der Waals surface area contributed by atoms with E-state index in [-0.39, 0.29) is 17.6 Å². The van der Waals surface area contributed by atoms with Gasteiger partial charge in [0, 0.05) is 24.2 Å². The van der Waals surface area contributed by atoms with Crippen molar-refractivity contribution in [1.82, 2.24) is 4.98 Å². The molecule has 0 fully saturated rings. The molecule has 27 heavy (non-hydrogen) atoms. The number of nitrogens with zero attached hydrogens (tertiary/aromatic N) is 1. The molecule has 6 nitrogen and oxygen atoms in total. The van der Waals surface area contributed by atoms with Crippen LogP contribution in [0.3, 0.4) is 0 Å². The number of anilines is 1. The third-order valence-corrected chi connectivity index (χ3v) is 4.63. The van der Waals surface area contributed by atoms with Gasteiger partial charge in [-0.25, -0.2) is 4.79 Å². The number of carbonyl (C=O) groups excluding carboxylic acids is 1. The molecule has 0 saturated carbocycles. The molecule has 0 atom stereocenters. The molecule has 6 heteroatoms. The Morgan fingerprint density at radius 2 is 2.07 bits per heavy atom. The third kappa shape index (κ3) is 3.26. The first-order chi connectivity index (χ1) is 13.2. The molecule has 138 valence electrons. The summed E-state index contributed by atoms with van der Waals surface area (Å²) in [6.07, 6.45) is 1.40. The summed E-state index contributed by atoms with van der Waals surface area (Å²) in [6.45, 7) is 3.96. The zero-order valence-corrected chi connectivity index (χ0v) is 15.0. The number of pyridine rings is 1. The number of benzene rings is 2. The molecule has 1 aliphatic heterocycles. The fourth-order valence-electron chi connectivity index (χ4n) is 3.31. The summed E-state index contributed by atoms with van der Waals surface area (Å²) in [5, 5.41) is 0.447. The van der Waals surface area contributed by atoms with Gasteiger partial charge in [-0.3, -0.25) is 4.79 Å². The van der Waals surface area contributed by atoms with Gasteiger partial charge in [0.2, 0.25) is 5.43 Å². The van der Waals surface area contributed by atoms with Crippen LogP contribution in [0.5, 0.6) is 5.75 Å². The van der Waals surface area contributed by atoms with Crippen molar-refractivity contribution in [1.29, 1.82) is 0 Å². The minimum absolute atomic E-state index is 0.00985. The van der Waals surface area contributed by atoms with Crippen LogP contribution in [0.15, 0.2) is 53.5 Å². The summed E-state index contributed by atoms with van der Waals surface area (Å²) in [6, 6.07) is 13.8. The molecular formula is C21H20N2O4. The Labute approximate surface area is 156 Å². The lowest BCUT2D eigenvalue weighted by Crippen LogP contribution is -2.32. The number of H-pyrrole nitrogens is 1. The van der Waals surface area contributed by atoms with Crippen LogP contribution in [-0.2, 0) is 11.3 Å². The molecule has 3 aromatic rings. The molecule has 0 amide bonds.